The molecule has 2 aliphatic heterocycles. The molecule has 1 saturated heterocycles. The molecule has 0 radical (unpaired) electrons. The molecule has 172 valence electrons. The summed E-state index contributed by atoms with van der Waals surface area (Å²) in [5.41, 5.74) is 0.564. The van der Waals surface area contributed by atoms with Gasteiger partial charge >= 0.3 is 0 Å². The van der Waals surface area contributed by atoms with Crippen LogP contribution in [-0.2, 0) is 22.7 Å². The van der Waals surface area contributed by atoms with E-state index in [1.165, 1.54) is 6.07 Å². The highest BCUT2D eigenvalue weighted by molar-refractivity contribution is 5.98. The van der Waals surface area contributed by atoms with Crippen molar-refractivity contribution in [3.63, 3.8) is 0 Å². The zero-order chi connectivity index (χ0) is 23.0. The zero-order valence-electron chi connectivity index (χ0n) is 18.6. The fourth-order valence-electron chi connectivity index (χ4n) is 3.97. The van der Waals surface area contributed by atoms with E-state index in [0.717, 1.165) is 18.6 Å². The normalized spacial score (nSPS) is 17.2. The molecule has 0 unspecified atom stereocenters. The molecule has 3 heterocycles. The molecule has 1 N–H and O–H groups in total. The van der Waals surface area contributed by atoms with Gasteiger partial charge in [-0.05, 0) is 36.5 Å². The van der Waals surface area contributed by atoms with Crippen LogP contribution in [0.2, 0.25) is 0 Å². The van der Waals surface area contributed by atoms with Gasteiger partial charge in [-0.25, -0.2) is 13.8 Å². The molecule has 2 aliphatic rings. The number of imidazole rings is 1. The van der Waals surface area contributed by atoms with Crippen LogP contribution >= 0.6 is 0 Å². The molecule has 0 spiro atoms. The molecule has 0 saturated carbocycles. The molecule has 7 nitrogen and oxygen atoms in total. The smallest absolute Gasteiger partial charge is 0.272 e. The van der Waals surface area contributed by atoms with E-state index in [1.54, 1.807) is 4.90 Å². The number of nitrogens with one attached hydrogen (secondary N) is 1. The Morgan fingerprint density at radius 2 is 1.88 bits per heavy atom. The fourth-order valence-corrected chi connectivity index (χ4v) is 3.97. The molecule has 1 aromatic carbocycles. The molecule has 1 aromatic heterocycles. The Balaban J connectivity index is 1.70. The van der Waals surface area contributed by atoms with Crippen molar-refractivity contribution in [1.82, 2.24) is 19.8 Å². The van der Waals surface area contributed by atoms with Crippen LogP contribution in [0.1, 0.15) is 49.8 Å². The zero-order valence-corrected chi connectivity index (χ0v) is 18.6. The number of ether oxygens (including phenoxy) is 1. The van der Waals surface area contributed by atoms with E-state index in [1.807, 2.05) is 25.3 Å². The van der Waals surface area contributed by atoms with Gasteiger partial charge in [0.15, 0.2) is 17.3 Å². The molecular weight excluding hydrogens is 418 g/mol. The standard InChI is InChI=1S/C23H28F2N4O3/c1-23(2,3)19(22(31)28-8-4-9-28)27-21(30)18-17-13-32-11-5-10-29(17)20(26-18)14-6-7-15(24)16(25)12-14/h6-7,12,19H,4-5,8-11,13H2,1-3H3,(H,27,30)/t19-/m1/s1. The summed E-state index contributed by atoms with van der Waals surface area (Å²) < 4.78 is 34.8. The van der Waals surface area contributed by atoms with E-state index in [9.17, 15) is 18.4 Å². The second kappa shape index (κ2) is 8.61. The number of carbonyl (C=O) groups is 2. The van der Waals surface area contributed by atoms with Crippen molar-refractivity contribution in [3.05, 3.63) is 41.2 Å². The summed E-state index contributed by atoms with van der Waals surface area (Å²) in [5.74, 6) is -2.16. The molecular formula is C23H28F2N4O3. The van der Waals surface area contributed by atoms with Crippen LogP contribution in [0.4, 0.5) is 8.78 Å². The van der Waals surface area contributed by atoms with Crippen LogP contribution in [0.25, 0.3) is 11.4 Å². The summed E-state index contributed by atoms with van der Waals surface area (Å²) >= 11 is 0. The van der Waals surface area contributed by atoms with Crippen molar-refractivity contribution in [2.45, 2.75) is 52.8 Å². The van der Waals surface area contributed by atoms with Crippen molar-refractivity contribution in [2.75, 3.05) is 19.7 Å². The molecule has 2 amide bonds. The first-order valence-electron chi connectivity index (χ1n) is 10.9. The predicted octanol–water partition coefficient (Wildman–Crippen LogP) is 3.13. The molecule has 2 aromatic rings. The number of hydrogen-bond acceptors (Lipinski definition) is 4. The summed E-state index contributed by atoms with van der Waals surface area (Å²) in [6, 6.07) is 2.84. The molecule has 1 atom stereocenters. The number of fused-ring (bicyclic) bond motifs is 1. The fraction of sp³-hybridized carbons (Fsp3) is 0.522. The van der Waals surface area contributed by atoms with Gasteiger partial charge in [-0.15, -0.1) is 0 Å². The van der Waals surface area contributed by atoms with Gasteiger partial charge < -0.3 is 19.5 Å². The van der Waals surface area contributed by atoms with Gasteiger partial charge in [0.1, 0.15) is 11.9 Å². The highest BCUT2D eigenvalue weighted by Crippen LogP contribution is 2.28. The second-order valence-corrected chi connectivity index (χ2v) is 9.37. The summed E-state index contributed by atoms with van der Waals surface area (Å²) in [4.78, 5) is 32.5. The Morgan fingerprint density at radius 1 is 1.12 bits per heavy atom. The van der Waals surface area contributed by atoms with Gasteiger partial charge in [0, 0.05) is 31.8 Å². The van der Waals surface area contributed by atoms with Crippen molar-refractivity contribution >= 4 is 11.8 Å². The maximum absolute atomic E-state index is 13.9. The van der Waals surface area contributed by atoms with E-state index < -0.39 is 29.0 Å². The topological polar surface area (TPSA) is 76.5 Å². The van der Waals surface area contributed by atoms with Crippen molar-refractivity contribution in [1.29, 1.82) is 0 Å². The van der Waals surface area contributed by atoms with Crippen LogP contribution in [0, 0.1) is 17.0 Å². The third kappa shape index (κ3) is 4.26. The summed E-state index contributed by atoms with van der Waals surface area (Å²) in [7, 11) is 0. The Kier molecular flexibility index (Phi) is 6.03. The summed E-state index contributed by atoms with van der Waals surface area (Å²) in [5, 5.41) is 2.88. The van der Waals surface area contributed by atoms with Gasteiger partial charge in [-0.2, -0.15) is 0 Å². The van der Waals surface area contributed by atoms with Crippen molar-refractivity contribution in [2.24, 2.45) is 5.41 Å². The molecule has 32 heavy (non-hydrogen) atoms. The minimum Gasteiger partial charge on any atom is -0.375 e. The average molecular weight is 446 g/mol. The van der Waals surface area contributed by atoms with E-state index in [0.29, 0.717) is 49.7 Å². The van der Waals surface area contributed by atoms with Crippen LogP contribution < -0.4 is 5.32 Å². The Bertz CT molecular complexity index is 1040. The first-order chi connectivity index (χ1) is 15.2. The quantitative estimate of drug-likeness (QED) is 0.783. The highest BCUT2D eigenvalue weighted by atomic mass is 19.2. The SMILES string of the molecule is CC(C)(C)[C@H](NC(=O)c1nc(-c2ccc(F)c(F)c2)n2c1COCCC2)C(=O)N1CCC1. The number of hydrogen-bond donors (Lipinski definition) is 1. The third-order valence-electron chi connectivity index (χ3n) is 5.93. The number of halogens is 2. The van der Waals surface area contributed by atoms with Gasteiger partial charge in [-0.3, -0.25) is 9.59 Å². The van der Waals surface area contributed by atoms with Gasteiger partial charge in [0.25, 0.3) is 5.91 Å². The first-order valence-corrected chi connectivity index (χ1v) is 10.9. The lowest BCUT2D eigenvalue weighted by Crippen LogP contribution is -2.57. The van der Waals surface area contributed by atoms with Gasteiger partial charge in [-0.1, -0.05) is 20.8 Å². The largest absolute Gasteiger partial charge is 0.375 e. The van der Waals surface area contributed by atoms with Crippen LogP contribution in [0.5, 0.6) is 0 Å². The highest BCUT2D eigenvalue weighted by Gasteiger charge is 2.38. The summed E-state index contributed by atoms with van der Waals surface area (Å²) in [6.45, 7) is 8.29. The Labute approximate surface area is 185 Å². The van der Waals surface area contributed by atoms with E-state index in [4.69, 9.17) is 4.74 Å². The van der Waals surface area contributed by atoms with E-state index >= 15 is 0 Å². The van der Waals surface area contributed by atoms with Gasteiger partial charge in [0.05, 0.1) is 12.3 Å². The van der Waals surface area contributed by atoms with Crippen molar-refractivity contribution < 1.29 is 23.1 Å². The second-order valence-electron chi connectivity index (χ2n) is 9.37. The number of aromatic nitrogens is 2. The monoisotopic (exact) mass is 446 g/mol. The van der Waals surface area contributed by atoms with E-state index in [2.05, 4.69) is 10.3 Å². The minimum absolute atomic E-state index is 0.112. The summed E-state index contributed by atoms with van der Waals surface area (Å²) in [6.07, 6.45) is 1.65. The third-order valence-corrected chi connectivity index (χ3v) is 5.93. The molecule has 0 bridgehead atoms. The average Bonchev–Trinajstić information content (AvgIpc) is 2.87. The minimum atomic E-state index is -0.983. The van der Waals surface area contributed by atoms with Crippen molar-refractivity contribution in [3.8, 4) is 11.4 Å². The molecule has 9 heteroatoms. The van der Waals surface area contributed by atoms with Crippen LogP contribution in [0.15, 0.2) is 18.2 Å². The lowest BCUT2D eigenvalue weighted by atomic mass is 9.85. The molecule has 4 rings (SSSR count). The Morgan fingerprint density at radius 3 is 2.50 bits per heavy atom. The maximum Gasteiger partial charge on any atom is 0.272 e. The lowest BCUT2D eigenvalue weighted by molar-refractivity contribution is -0.139. The van der Waals surface area contributed by atoms with E-state index in [-0.39, 0.29) is 18.2 Å². The number of likely N-dealkylation sites (tertiary alicyclic amines) is 1. The predicted molar refractivity (Wildman–Crippen MR) is 114 cm³/mol. The number of amides is 2. The molecule has 0 aliphatic carbocycles. The molecule has 1 fully saturated rings. The number of nitrogens with zero attached hydrogens (tertiary/aromatic N) is 3. The maximum atomic E-state index is 13.9. The van der Waals surface area contributed by atoms with Gasteiger partial charge in [0.2, 0.25) is 5.91 Å². The first kappa shape index (κ1) is 22.4. The lowest BCUT2D eigenvalue weighted by Gasteiger charge is -2.38. The van der Waals surface area contributed by atoms with Crippen LogP contribution in [-0.4, -0.2) is 52.0 Å². The number of rotatable bonds is 4. The number of carbonyl (C=O) groups excluding carboxylic acids is 2. The number of benzene rings is 1. The Hall–Kier alpha value is -2.81. The van der Waals surface area contributed by atoms with Crippen LogP contribution in [0.3, 0.4) is 0 Å².